The van der Waals surface area contributed by atoms with E-state index in [1.807, 2.05) is 17.7 Å². The van der Waals surface area contributed by atoms with Gasteiger partial charge in [-0.2, -0.15) is 0 Å². The van der Waals surface area contributed by atoms with Crippen molar-refractivity contribution in [2.45, 2.75) is 31.3 Å². The topological polar surface area (TPSA) is 69.0 Å². The van der Waals surface area contributed by atoms with E-state index in [4.69, 9.17) is 16.3 Å². The Bertz CT molecular complexity index is 1000. The zero-order chi connectivity index (χ0) is 21.5. The maximum atomic E-state index is 12.2. The average Bonchev–Trinajstić information content (AvgIpc) is 3.09. The molecule has 2 aromatic carbocycles. The van der Waals surface area contributed by atoms with Gasteiger partial charge >= 0.3 is 0 Å². The van der Waals surface area contributed by atoms with Gasteiger partial charge in [0.15, 0.2) is 5.16 Å². The number of carbonyl (C=O) groups excluding carboxylic acids is 1. The van der Waals surface area contributed by atoms with Crippen molar-refractivity contribution in [2.24, 2.45) is 7.05 Å². The first-order valence-electron chi connectivity index (χ1n) is 9.66. The lowest BCUT2D eigenvalue weighted by molar-refractivity contribution is -0.113. The number of halogens is 1. The number of nitrogens with one attached hydrogen (secondary N) is 1. The predicted octanol–water partition coefficient (Wildman–Crippen LogP) is 4.69. The minimum atomic E-state index is -0.0955. The van der Waals surface area contributed by atoms with Crippen LogP contribution in [0.1, 0.15) is 23.4 Å². The molecule has 0 spiro atoms. The van der Waals surface area contributed by atoms with Crippen molar-refractivity contribution in [1.29, 1.82) is 0 Å². The molecule has 0 saturated carbocycles. The van der Waals surface area contributed by atoms with Gasteiger partial charge in [-0.25, -0.2) is 0 Å². The van der Waals surface area contributed by atoms with E-state index in [0.717, 1.165) is 41.7 Å². The van der Waals surface area contributed by atoms with Crippen molar-refractivity contribution in [3.05, 3.63) is 64.4 Å². The van der Waals surface area contributed by atoms with Gasteiger partial charge < -0.3 is 14.6 Å². The number of aryl methyl sites for hydroxylation is 3. The monoisotopic (exact) mass is 444 g/mol. The lowest BCUT2D eigenvalue weighted by Gasteiger charge is -2.08. The molecule has 0 aliphatic rings. The third-order valence-electron chi connectivity index (χ3n) is 4.78. The van der Waals surface area contributed by atoms with E-state index in [9.17, 15) is 4.79 Å². The summed E-state index contributed by atoms with van der Waals surface area (Å²) < 4.78 is 7.22. The number of carbonyl (C=O) groups is 1. The third kappa shape index (κ3) is 6.00. The molecule has 1 N–H and O–H groups in total. The smallest absolute Gasteiger partial charge is 0.234 e. The molecule has 6 nitrogen and oxygen atoms in total. The Balaban J connectivity index is 1.48. The summed E-state index contributed by atoms with van der Waals surface area (Å²) >= 11 is 7.23. The van der Waals surface area contributed by atoms with Gasteiger partial charge in [0.1, 0.15) is 11.6 Å². The van der Waals surface area contributed by atoms with Gasteiger partial charge in [0.05, 0.1) is 12.9 Å². The Labute approximate surface area is 186 Å². The number of amides is 1. The molecule has 0 radical (unpaired) electrons. The SMILES string of the molecule is COc1ccc(CCCc2nnc(SCC(=O)Nc3ccc(Cl)cc3)n2C)c(C)c1. The van der Waals surface area contributed by atoms with Gasteiger partial charge in [-0.15, -0.1) is 10.2 Å². The summed E-state index contributed by atoms with van der Waals surface area (Å²) in [5, 5.41) is 12.7. The minimum absolute atomic E-state index is 0.0955. The normalized spacial score (nSPS) is 10.8. The lowest BCUT2D eigenvalue weighted by Crippen LogP contribution is -2.14. The molecule has 1 amide bonds. The van der Waals surface area contributed by atoms with E-state index in [0.29, 0.717) is 5.02 Å². The molecular weight excluding hydrogens is 420 g/mol. The Hall–Kier alpha value is -2.51. The summed E-state index contributed by atoms with van der Waals surface area (Å²) in [7, 11) is 3.62. The van der Waals surface area contributed by atoms with Gasteiger partial charge in [0.2, 0.25) is 5.91 Å². The molecule has 0 saturated heterocycles. The van der Waals surface area contributed by atoms with Crippen molar-refractivity contribution in [3.63, 3.8) is 0 Å². The number of methoxy groups -OCH3 is 1. The first kappa shape index (κ1) is 22.2. The van der Waals surface area contributed by atoms with Gasteiger partial charge in [0.25, 0.3) is 0 Å². The number of hydrogen-bond acceptors (Lipinski definition) is 5. The summed E-state index contributed by atoms with van der Waals surface area (Å²) in [6.45, 7) is 2.10. The molecule has 0 bridgehead atoms. The summed E-state index contributed by atoms with van der Waals surface area (Å²) in [6.07, 6.45) is 2.77. The molecule has 1 aromatic heterocycles. The summed E-state index contributed by atoms with van der Waals surface area (Å²) in [4.78, 5) is 12.2. The number of benzene rings is 2. The fraction of sp³-hybridized carbons (Fsp3) is 0.318. The molecule has 0 atom stereocenters. The van der Waals surface area contributed by atoms with Crippen LogP contribution >= 0.6 is 23.4 Å². The van der Waals surface area contributed by atoms with Crippen LogP contribution in [0, 0.1) is 6.92 Å². The molecule has 3 rings (SSSR count). The molecular formula is C22H25ClN4O2S. The number of ether oxygens (including phenoxy) is 1. The maximum Gasteiger partial charge on any atom is 0.234 e. The number of nitrogens with zero attached hydrogens (tertiary/aromatic N) is 3. The van der Waals surface area contributed by atoms with Crippen LogP contribution in [0.15, 0.2) is 47.6 Å². The highest BCUT2D eigenvalue weighted by Gasteiger charge is 2.12. The second kappa shape index (κ2) is 10.5. The summed E-state index contributed by atoms with van der Waals surface area (Å²) in [5.41, 5.74) is 3.26. The Morgan fingerprint density at radius 1 is 1.17 bits per heavy atom. The van der Waals surface area contributed by atoms with Crippen molar-refractivity contribution < 1.29 is 9.53 Å². The van der Waals surface area contributed by atoms with E-state index < -0.39 is 0 Å². The molecule has 0 aliphatic heterocycles. The van der Waals surface area contributed by atoms with E-state index in [1.165, 1.54) is 22.9 Å². The standard InChI is InChI=1S/C22H25ClN4O2S/c1-15-13-19(29-3)12-7-16(15)5-4-6-20-25-26-22(27(20)2)30-14-21(28)24-18-10-8-17(23)9-11-18/h7-13H,4-6,14H2,1-3H3,(H,24,28). The Morgan fingerprint density at radius 2 is 1.93 bits per heavy atom. The van der Waals surface area contributed by atoms with E-state index in [1.54, 1.807) is 31.4 Å². The first-order valence-corrected chi connectivity index (χ1v) is 11.0. The van der Waals surface area contributed by atoms with Crippen LogP contribution < -0.4 is 10.1 Å². The van der Waals surface area contributed by atoms with Gasteiger partial charge in [0, 0.05) is 24.2 Å². The highest BCUT2D eigenvalue weighted by atomic mass is 35.5. The van der Waals surface area contributed by atoms with Gasteiger partial charge in [-0.3, -0.25) is 4.79 Å². The quantitative estimate of drug-likeness (QED) is 0.485. The Kier molecular flexibility index (Phi) is 7.76. The van der Waals surface area contributed by atoms with Crippen molar-refractivity contribution in [3.8, 4) is 5.75 Å². The van der Waals surface area contributed by atoms with Crippen molar-refractivity contribution >= 4 is 35.0 Å². The summed E-state index contributed by atoms with van der Waals surface area (Å²) in [5.74, 6) is 1.97. The maximum absolute atomic E-state index is 12.2. The van der Waals surface area contributed by atoms with Crippen molar-refractivity contribution in [2.75, 3.05) is 18.2 Å². The molecule has 1 heterocycles. The molecule has 0 unspecified atom stereocenters. The second-order valence-electron chi connectivity index (χ2n) is 6.95. The number of aromatic nitrogens is 3. The highest BCUT2D eigenvalue weighted by molar-refractivity contribution is 7.99. The van der Waals surface area contributed by atoms with Crippen LogP contribution in [0.3, 0.4) is 0 Å². The Morgan fingerprint density at radius 3 is 2.63 bits per heavy atom. The molecule has 0 fully saturated rings. The fourth-order valence-electron chi connectivity index (χ4n) is 3.06. The van der Waals surface area contributed by atoms with Gasteiger partial charge in [-0.05, 0) is 67.3 Å². The van der Waals surface area contributed by atoms with Crippen LogP contribution in [-0.2, 0) is 24.7 Å². The van der Waals surface area contributed by atoms with Gasteiger partial charge in [-0.1, -0.05) is 29.4 Å². The van der Waals surface area contributed by atoms with Crippen molar-refractivity contribution in [1.82, 2.24) is 14.8 Å². The zero-order valence-corrected chi connectivity index (χ0v) is 18.9. The van der Waals surface area contributed by atoms with E-state index in [-0.39, 0.29) is 11.7 Å². The largest absolute Gasteiger partial charge is 0.497 e. The first-order chi connectivity index (χ1) is 14.5. The fourth-order valence-corrected chi connectivity index (χ4v) is 3.92. The highest BCUT2D eigenvalue weighted by Crippen LogP contribution is 2.20. The molecule has 30 heavy (non-hydrogen) atoms. The number of rotatable bonds is 9. The summed E-state index contributed by atoms with van der Waals surface area (Å²) in [6, 6.07) is 13.2. The number of anilines is 1. The lowest BCUT2D eigenvalue weighted by atomic mass is 10.0. The average molecular weight is 445 g/mol. The van der Waals surface area contributed by atoms with Crippen LogP contribution in [0.2, 0.25) is 5.02 Å². The minimum Gasteiger partial charge on any atom is -0.497 e. The van der Waals surface area contributed by atoms with Crippen LogP contribution in [0.4, 0.5) is 5.69 Å². The number of hydrogen-bond donors (Lipinski definition) is 1. The van der Waals surface area contributed by atoms with E-state index in [2.05, 4.69) is 34.6 Å². The predicted molar refractivity (Wildman–Crippen MR) is 122 cm³/mol. The van der Waals surface area contributed by atoms with E-state index >= 15 is 0 Å². The zero-order valence-electron chi connectivity index (χ0n) is 17.3. The second-order valence-corrected chi connectivity index (χ2v) is 8.33. The molecule has 8 heteroatoms. The van der Waals surface area contributed by atoms with Crippen LogP contribution in [0.5, 0.6) is 5.75 Å². The van der Waals surface area contributed by atoms with Crippen LogP contribution in [-0.4, -0.2) is 33.5 Å². The number of thioether (sulfide) groups is 1. The molecule has 3 aromatic rings. The third-order valence-corrected chi connectivity index (χ3v) is 6.05. The molecule has 158 valence electrons. The molecule has 0 aliphatic carbocycles. The van der Waals surface area contributed by atoms with Crippen LogP contribution in [0.25, 0.3) is 0 Å².